The van der Waals surface area contributed by atoms with Gasteiger partial charge in [-0.2, -0.15) is 13.2 Å². The molecule has 0 spiro atoms. The Morgan fingerprint density at radius 2 is 1.70 bits per heavy atom. The molecule has 37 heavy (non-hydrogen) atoms. The summed E-state index contributed by atoms with van der Waals surface area (Å²) in [5, 5.41) is 9.09. The Bertz CT molecular complexity index is 1190. The number of benzene rings is 2. The second-order valence-electron chi connectivity index (χ2n) is 11.2. The Labute approximate surface area is 216 Å². The van der Waals surface area contributed by atoms with Gasteiger partial charge in [-0.25, -0.2) is 4.79 Å². The first-order valence-corrected chi connectivity index (χ1v) is 13.1. The van der Waals surface area contributed by atoms with E-state index in [0.29, 0.717) is 24.0 Å². The molecule has 4 saturated carbocycles. The number of aryl methyl sites for hydroxylation is 1. The molecule has 0 unspecified atom stereocenters. The molecule has 6 heteroatoms. The Hall–Kier alpha value is -3.02. The molecule has 0 heterocycles. The van der Waals surface area contributed by atoms with E-state index >= 15 is 0 Å². The summed E-state index contributed by atoms with van der Waals surface area (Å²) in [5.74, 6) is 2.26. The van der Waals surface area contributed by atoms with E-state index in [2.05, 4.69) is 18.2 Å². The first-order valence-electron chi connectivity index (χ1n) is 13.1. The van der Waals surface area contributed by atoms with Crippen LogP contribution in [0, 0.1) is 17.8 Å². The van der Waals surface area contributed by atoms with Gasteiger partial charge in [0.2, 0.25) is 0 Å². The molecule has 0 amide bonds. The molecule has 0 atom stereocenters. The lowest BCUT2D eigenvalue weighted by molar-refractivity contribution is -0.137. The molecule has 3 nitrogen and oxygen atoms in total. The van der Waals surface area contributed by atoms with Gasteiger partial charge in [0.1, 0.15) is 5.75 Å². The number of rotatable bonds is 8. The van der Waals surface area contributed by atoms with Gasteiger partial charge >= 0.3 is 12.1 Å². The van der Waals surface area contributed by atoms with Crippen LogP contribution in [0.2, 0.25) is 0 Å². The van der Waals surface area contributed by atoms with Gasteiger partial charge in [0, 0.05) is 11.6 Å². The molecule has 0 aromatic heterocycles. The summed E-state index contributed by atoms with van der Waals surface area (Å²) in [4.78, 5) is 11.1. The van der Waals surface area contributed by atoms with E-state index in [1.807, 2.05) is 6.08 Å². The van der Waals surface area contributed by atoms with Crippen LogP contribution in [0.15, 0.2) is 60.7 Å². The zero-order valence-corrected chi connectivity index (χ0v) is 21.1. The van der Waals surface area contributed by atoms with Gasteiger partial charge in [-0.15, -0.1) is 0 Å². The first-order chi connectivity index (χ1) is 17.6. The summed E-state index contributed by atoms with van der Waals surface area (Å²) < 4.78 is 45.6. The molecule has 0 aliphatic heterocycles. The maximum absolute atomic E-state index is 13.2. The number of halogens is 3. The molecule has 196 valence electrons. The smallest absolute Gasteiger partial charge is 0.416 e. The van der Waals surface area contributed by atoms with Gasteiger partial charge in [-0.05, 0) is 116 Å². The molecule has 1 N–H and O–H groups in total. The molecule has 0 saturated heterocycles. The molecule has 2 aromatic rings. The molecule has 6 rings (SSSR count). The fourth-order valence-corrected chi connectivity index (χ4v) is 7.48. The minimum absolute atomic E-state index is 0.194. The van der Waals surface area contributed by atoms with Gasteiger partial charge in [0.25, 0.3) is 0 Å². The van der Waals surface area contributed by atoms with E-state index in [1.54, 1.807) is 13.2 Å². The predicted octanol–water partition coefficient (Wildman–Crippen LogP) is 7.84. The molecular weight excluding hydrogens is 477 g/mol. The van der Waals surface area contributed by atoms with Gasteiger partial charge in [-0.3, -0.25) is 0 Å². The van der Waals surface area contributed by atoms with Crippen molar-refractivity contribution in [3.05, 3.63) is 82.9 Å². The van der Waals surface area contributed by atoms with E-state index in [0.717, 1.165) is 47.3 Å². The SMILES string of the molecule is COc1ccc(CC/C=C(/C=C/C(=O)O)c2cccc(C(F)(F)F)c2)cc1C12CC3CC(CC(C3)C1)C2. The van der Waals surface area contributed by atoms with Crippen LogP contribution in [0.4, 0.5) is 13.2 Å². The van der Waals surface area contributed by atoms with Crippen molar-refractivity contribution in [1.29, 1.82) is 0 Å². The monoisotopic (exact) mass is 510 g/mol. The summed E-state index contributed by atoms with van der Waals surface area (Å²) >= 11 is 0. The molecule has 0 radical (unpaired) electrons. The fraction of sp³-hybridized carbons (Fsp3) is 0.452. The van der Waals surface area contributed by atoms with Crippen LogP contribution in [-0.2, 0) is 22.8 Å². The highest BCUT2D eigenvalue weighted by atomic mass is 19.4. The summed E-state index contributed by atoms with van der Waals surface area (Å²) in [7, 11) is 1.73. The van der Waals surface area contributed by atoms with Crippen molar-refractivity contribution in [1.82, 2.24) is 0 Å². The fourth-order valence-electron chi connectivity index (χ4n) is 7.48. The zero-order valence-electron chi connectivity index (χ0n) is 21.1. The van der Waals surface area contributed by atoms with Crippen molar-refractivity contribution in [2.24, 2.45) is 17.8 Å². The van der Waals surface area contributed by atoms with Crippen molar-refractivity contribution in [3.8, 4) is 5.75 Å². The van der Waals surface area contributed by atoms with Crippen molar-refractivity contribution in [3.63, 3.8) is 0 Å². The van der Waals surface area contributed by atoms with Crippen LogP contribution < -0.4 is 4.74 Å². The largest absolute Gasteiger partial charge is 0.496 e. The molecule has 4 fully saturated rings. The molecular formula is C31H33F3O3. The van der Waals surface area contributed by atoms with Gasteiger partial charge in [0.05, 0.1) is 12.7 Å². The van der Waals surface area contributed by atoms with E-state index in [-0.39, 0.29) is 5.41 Å². The maximum Gasteiger partial charge on any atom is 0.416 e. The molecule has 2 aromatic carbocycles. The standard InChI is InChI=1S/C31H33F3O3/c1-37-28-10-8-20(15-27(28)30-17-21-12-22(18-30)14-23(13-21)19-30)4-2-5-24(9-11-29(35)36)25-6-3-7-26(16-25)31(32,33)34/h3,5-11,15-16,21-23H,2,4,12-14,17-19H2,1H3,(H,35,36)/b11-9+,24-5-. The third-order valence-corrected chi connectivity index (χ3v) is 8.60. The summed E-state index contributed by atoms with van der Waals surface area (Å²) in [6, 6.07) is 11.4. The van der Waals surface area contributed by atoms with Crippen LogP contribution in [0.25, 0.3) is 5.57 Å². The quantitative estimate of drug-likeness (QED) is 0.291. The predicted molar refractivity (Wildman–Crippen MR) is 137 cm³/mol. The van der Waals surface area contributed by atoms with E-state index in [4.69, 9.17) is 9.84 Å². The van der Waals surface area contributed by atoms with Crippen LogP contribution >= 0.6 is 0 Å². The minimum atomic E-state index is -4.46. The van der Waals surface area contributed by atoms with Crippen molar-refractivity contribution in [2.75, 3.05) is 7.11 Å². The van der Waals surface area contributed by atoms with Gasteiger partial charge in [-0.1, -0.05) is 30.3 Å². The van der Waals surface area contributed by atoms with Gasteiger partial charge in [0.15, 0.2) is 0 Å². The van der Waals surface area contributed by atoms with E-state index < -0.39 is 17.7 Å². The van der Waals surface area contributed by atoms with Gasteiger partial charge < -0.3 is 9.84 Å². The number of carboxylic acids is 1. The topological polar surface area (TPSA) is 46.5 Å². The van der Waals surface area contributed by atoms with E-state index in [9.17, 15) is 18.0 Å². The second-order valence-corrected chi connectivity index (χ2v) is 11.2. The van der Waals surface area contributed by atoms with Crippen molar-refractivity contribution >= 4 is 11.5 Å². The number of methoxy groups -OCH3 is 1. The van der Waals surface area contributed by atoms with E-state index in [1.165, 1.54) is 56.2 Å². The third-order valence-electron chi connectivity index (χ3n) is 8.60. The normalized spacial score (nSPS) is 27.1. The Morgan fingerprint density at radius 3 is 2.30 bits per heavy atom. The minimum Gasteiger partial charge on any atom is -0.496 e. The average Bonchev–Trinajstić information content (AvgIpc) is 2.84. The Morgan fingerprint density at radius 1 is 1.03 bits per heavy atom. The zero-order chi connectivity index (χ0) is 26.2. The van der Waals surface area contributed by atoms with Crippen LogP contribution in [0.1, 0.15) is 67.2 Å². The number of carbonyl (C=O) groups is 1. The number of carboxylic acid groups (broad SMARTS) is 1. The number of aliphatic carboxylic acids is 1. The number of allylic oxidation sites excluding steroid dienone is 3. The highest BCUT2D eigenvalue weighted by molar-refractivity contribution is 5.85. The number of ether oxygens (including phenoxy) is 1. The first kappa shape index (κ1) is 25.6. The highest BCUT2D eigenvalue weighted by Crippen LogP contribution is 2.62. The summed E-state index contributed by atoms with van der Waals surface area (Å²) in [5.41, 5.74) is 2.72. The number of alkyl halides is 3. The number of hydrogen-bond acceptors (Lipinski definition) is 2. The van der Waals surface area contributed by atoms with Crippen LogP contribution in [0.3, 0.4) is 0 Å². The lowest BCUT2D eigenvalue weighted by Gasteiger charge is -2.57. The van der Waals surface area contributed by atoms with Crippen LogP contribution in [0.5, 0.6) is 5.75 Å². The summed E-state index contributed by atoms with van der Waals surface area (Å²) in [6.45, 7) is 0. The highest BCUT2D eigenvalue weighted by Gasteiger charge is 2.52. The molecule has 4 aliphatic carbocycles. The lowest BCUT2D eigenvalue weighted by atomic mass is 9.48. The summed E-state index contributed by atoms with van der Waals surface area (Å²) in [6.07, 6.45) is 8.77. The Balaban J connectivity index is 1.39. The van der Waals surface area contributed by atoms with Crippen molar-refractivity contribution in [2.45, 2.75) is 63.0 Å². The Kier molecular flexibility index (Phi) is 6.95. The molecule has 4 aliphatic rings. The lowest BCUT2D eigenvalue weighted by Crippen LogP contribution is -2.48. The molecule has 4 bridgehead atoms. The number of hydrogen-bond donors (Lipinski definition) is 1. The van der Waals surface area contributed by atoms with Crippen molar-refractivity contribution < 1.29 is 27.8 Å². The second kappa shape index (κ2) is 10.0. The third kappa shape index (κ3) is 5.48. The van der Waals surface area contributed by atoms with Crippen LogP contribution in [-0.4, -0.2) is 18.2 Å². The average molecular weight is 511 g/mol. The maximum atomic E-state index is 13.2.